The molecular formula is C24H23N3O2. The van der Waals surface area contributed by atoms with Gasteiger partial charge in [0.2, 0.25) is 0 Å². The van der Waals surface area contributed by atoms with Crippen LogP contribution in [0.4, 0.5) is 5.69 Å². The number of nitrogens with zero attached hydrogens (tertiary/aromatic N) is 2. The van der Waals surface area contributed by atoms with E-state index in [0.717, 1.165) is 33.9 Å². The number of hydrogen-bond acceptors (Lipinski definition) is 3. The van der Waals surface area contributed by atoms with Gasteiger partial charge in [-0.25, -0.2) is 4.98 Å². The van der Waals surface area contributed by atoms with Crippen molar-refractivity contribution in [3.63, 3.8) is 0 Å². The largest absolute Gasteiger partial charge is 0.494 e. The van der Waals surface area contributed by atoms with E-state index in [-0.39, 0.29) is 5.91 Å². The van der Waals surface area contributed by atoms with Crippen molar-refractivity contribution in [2.45, 2.75) is 20.8 Å². The fourth-order valence-corrected chi connectivity index (χ4v) is 3.20. The highest BCUT2D eigenvalue weighted by Crippen LogP contribution is 2.26. The van der Waals surface area contributed by atoms with Gasteiger partial charge < -0.3 is 14.5 Å². The normalized spacial score (nSPS) is 10.9. The number of fused-ring (bicyclic) bond motifs is 1. The Labute approximate surface area is 170 Å². The molecule has 1 amide bonds. The molecule has 29 heavy (non-hydrogen) atoms. The first-order valence-corrected chi connectivity index (χ1v) is 9.64. The van der Waals surface area contributed by atoms with Crippen LogP contribution in [0.2, 0.25) is 0 Å². The summed E-state index contributed by atoms with van der Waals surface area (Å²) in [7, 11) is 0. The number of nitrogens with one attached hydrogen (secondary N) is 1. The van der Waals surface area contributed by atoms with Crippen molar-refractivity contribution in [2.75, 3.05) is 11.9 Å². The number of anilines is 1. The number of ether oxygens (including phenoxy) is 1. The fraction of sp³-hybridized carbons (Fsp3) is 0.167. The molecule has 0 unspecified atom stereocenters. The third-order valence-corrected chi connectivity index (χ3v) is 4.82. The van der Waals surface area contributed by atoms with Crippen molar-refractivity contribution in [1.82, 2.24) is 9.38 Å². The third-order valence-electron chi connectivity index (χ3n) is 4.82. The summed E-state index contributed by atoms with van der Waals surface area (Å²) in [6, 6.07) is 17.2. The molecule has 0 aliphatic heterocycles. The van der Waals surface area contributed by atoms with Crippen LogP contribution in [-0.2, 0) is 0 Å². The maximum Gasteiger partial charge on any atom is 0.255 e. The molecule has 0 spiro atoms. The molecule has 2 heterocycles. The number of pyridine rings is 1. The molecule has 0 saturated carbocycles. The van der Waals surface area contributed by atoms with Crippen LogP contribution in [0, 0.1) is 13.8 Å². The monoisotopic (exact) mass is 385 g/mol. The van der Waals surface area contributed by atoms with E-state index in [9.17, 15) is 4.79 Å². The van der Waals surface area contributed by atoms with Gasteiger partial charge in [-0.2, -0.15) is 0 Å². The van der Waals surface area contributed by atoms with E-state index in [1.165, 1.54) is 5.56 Å². The molecule has 5 heteroatoms. The Balaban J connectivity index is 1.60. The Bertz CT molecular complexity index is 1180. The Morgan fingerprint density at radius 3 is 2.62 bits per heavy atom. The highest BCUT2D eigenvalue weighted by atomic mass is 16.5. The summed E-state index contributed by atoms with van der Waals surface area (Å²) < 4.78 is 7.43. The summed E-state index contributed by atoms with van der Waals surface area (Å²) in [6.07, 6.45) is 4.00. The molecule has 0 atom stereocenters. The van der Waals surface area contributed by atoms with Gasteiger partial charge >= 0.3 is 0 Å². The van der Waals surface area contributed by atoms with E-state index in [2.05, 4.69) is 18.3 Å². The molecule has 0 saturated heterocycles. The lowest BCUT2D eigenvalue weighted by Gasteiger charge is -2.10. The number of benzene rings is 2. The molecule has 146 valence electrons. The molecule has 0 aliphatic carbocycles. The summed E-state index contributed by atoms with van der Waals surface area (Å²) in [5.74, 6) is 0.600. The Morgan fingerprint density at radius 1 is 1.07 bits per heavy atom. The molecule has 2 aromatic carbocycles. The van der Waals surface area contributed by atoms with Gasteiger partial charge in [0.1, 0.15) is 11.4 Å². The van der Waals surface area contributed by atoms with Crippen molar-refractivity contribution >= 4 is 17.2 Å². The van der Waals surface area contributed by atoms with Crippen LogP contribution in [0.1, 0.15) is 28.4 Å². The van der Waals surface area contributed by atoms with Crippen molar-refractivity contribution in [3.05, 3.63) is 83.7 Å². The van der Waals surface area contributed by atoms with Crippen molar-refractivity contribution in [2.24, 2.45) is 0 Å². The molecule has 2 aromatic heterocycles. The van der Waals surface area contributed by atoms with Crippen LogP contribution in [0.25, 0.3) is 16.9 Å². The van der Waals surface area contributed by atoms with Crippen LogP contribution in [-0.4, -0.2) is 21.9 Å². The number of carbonyl (C=O) groups is 1. The standard InChI is InChI=1S/C24H23N3O2/c1-4-29-20-9-7-18(8-10-20)24(28)26-21-14-19(6-5-17(21)3)22-15-27-12-11-16(2)13-23(27)25-22/h5-15H,4H2,1-3H3,(H,26,28). The van der Waals surface area contributed by atoms with Crippen LogP contribution in [0.15, 0.2) is 67.0 Å². The number of imidazole rings is 1. The first-order chi connectivity index (χ1) is 14.0. The van der Waals surface area contributed by atoms with Gasteiger partial charge in [-0.05, 0) is 74.4 Å². The first-order valence-electron chi connectivity index (χ1n) is 9.64. The molecule has 0 bridgehead atoms. The Kier molecular flexibility index (Phi) is 5.04. The minimum absolute atomic E-state index is 0.154. The lowest BCUT2D eigenvalue weighted by atomic mass is 10.1. The zero-order valence-electron chi connectivity index (χ0n) is 16.8. The van der Waals surface area contributed by atoms with Crippen LogP contribution in [0.3, 0.4) is 0 Å². The SMILES string of the molecule is CCOc1ccc(C(=O)Nc2cc(-c3cn4ccc(C)cc4n3)ccc2C)cc1. The number of rotatable bonds is 5. The Hall–Kier alpha value is -3.60. The summed E-state index contributed by atoms with van der Waals surface area (Å²) in [4.78, 5) is 17.4. The van der Waals surface area contributed by atoms with Crippen molar-refractivity contribution in [3.8, 4) is 17.0 Å². The second kappa shape index (κ2) is 7.80. The molecule has 0 radical (unpaired) electrons. The molecule has 4 rings (SSSR count). The molecular weight excluding hydrogens is 362 g/mol. The van der Waals surface area contributed by atoms with E-state index in [1.54, 1.807) is 24.3 Å². The number of aryl methyl sites for hydroxylation is 2. The Morgan fingerprint density at radius 2 is 1.86 bits per heavy atom. The minimum atomic E-state index is -0.154. The van der Waals surface area contributed by atoms with Gasteiger partial charge in [-0.1, -0.05) is 12.1 Å². The van der Waals surface area contributed by atoms with Crippen LogP contribution >= 0.6 is 0 Å². The van der Waals surface area contributed by atoms with Gasteiger partial charge in [0.15, 0.2) is 0 Å². The van der Waals surface area contributed by atoms with E-state index in [1.807, 2.05) is 54.9 Å². The quantitative estimate of drug-likeness (QED) is 0.509. The lowest BCUT2D eigenvalue weighted by molar-refractivity contribution is 0.102. The lowest BCUT2D eigenvalue weighted by Crippen LogP contribution is -2.12. The van der Waals surface area contributed by atoms with Gasteiger partial charge in [0.25, 0.3) is 5.91 Å². The zero-order chi connectivity index (χ0) is 20.4. The van der Waals surface area contributed by atoms with Crippen molar-refractivity contribution < 1.29 is 9.53 Å². The molecule has 1 N–H and O–H groups in total. The fourth-order valence-electron chi connectivity index (χ4n) is 3.20. The second-order valence-corrected chi connectivity index (χ2v) is 7.04. The number of carbonyl (C=O) groups excluding carboxylic acids is 1. The van der Waals surface area contributed by atoms with Crippen molar-refractivity contribution in [1.29, 1.82) is 0 Å². The maximum atomic E-state index is 12.7. The predicted molar refractivity (Wildman–Crippen MR) is 116 cm³/mol. The molecule has 5 nitrogen and oxygen atoms in total. The molecule has 0 aliphatic rings. The third kappa shape index (κ3) is 3.99. The smallest absolute Gasteiger partial charge is 0.255 e. The predicted octanol–water partition coefficient (Wildman–Crippen LogP) is 5.27. The first kappa shape index (κ1) is 18.7. The van der Waals surface area contributed by atoms with Gasteiger partial charge in [0.05, 0.1) is 12.3 Å². The minimum Gasteiger partial charge on any atom is -0.494 e. The summed E-state index contributed by atoms with van der Waals surface area (Å²) in [5, 5.41) is 3.02. The number of amides is 1. The van der Waals surface area contributed by atoms with Gasteiger partial charge in [-0.3, -0.25) is 4.79 Å². The number of aromatic nitrogens is 2. The van der Waals surface area contributed by atoms with Gasteiger partial charge in [-0.15, -0.1) is 0 Å². The molecule has 0 fully saturated rings. The summed E-state index contributed by atoms with van der Waals surface area (Å²) in [6.45, 7) is 6.56. The van der Waals surface area contributed by atoms with Crippen LogP contribution in [0.5, 0.6) is 5.75 Å². The average Bonchev–Trinajstić information content (AvgIpc) is 3.13. The van der Waals surface area contributed by atoms with E-state index < -0.39 is 0 Å². The average molecular weight is 385 g/mol. The van der Waals surface area contributed by atoms with E-state index in [4.69, 9.17) is 9.72 Å². The van der Waals surface area contributed by atoms with E-state index >= 15 is 0 Å². The highest BCUT2D eigenvalue weighted by molar-refractivity contribution is 6.05. The summed E-state index contributed by atoms with van der Waals surface area (Å²) in [5.41, 5.74) is 6.25. The number of hydrogen-bond donors (Lipinski definition) is 1. The topological polar surface area (TPSA) is 55.6 Å². The maximum absolute atomic E-state index is 12.7. The van der Waals surface area contributed by atoms with Gasteiger partial charge in [0, 0.05) is 29.2 Å². The second-order valence-electron chi connectivity index (χ2n) is 7.04. The zero-order valence-corrected chi connectivity index (χ0v) is 16.8. The summed E-state index contributed by atoms with van der Waals surface area (Å²) >= 11 is 0. The highest BCUT2D eigenvalue weighted by Gasteiger charge is 2.11. The van der Waals surface area contributed by atoms with E-state index in [0.29, 0.717) is 12.2 Å². The van der Waals surface area contributed by atoms with Crippen LogP contribution < -0.4 is 10.1 Å². The molecule has 4 aromatic rings.